The minimum absolute atomic E-state index is 0.107. The number of anilines is 1. The fourth-order valence-corrected chi connectivity index (χ4v) is 4.17. The summed E-state index contributed by atoms with van der Waals surface area (Å²) in [5.41, 5.74) is 3.57. The molecule has 1 atom stereocenters. The SMILES string of the molecule is COc1ccc(S(=O)(=O)Nc2cc(C(=O)N[C@H](C)c3ccc(C)cc3)ccc2C)cc1. The number of rotatable bonds is 7. The third-order valence-corrected chi connectivity index (χ3v) is 6.42. The lowest BCUT2D eigenvalue weighted by Crippen LogP contribution is -2.26. The summed E-state index contributed by atoms with van der Waals surface area (Å²) in [5, 5.41) is 2.96. The Morgan fingerprint density at radius 1 is 0.935 bits per heavy atom. The van der Waals surface area contributed by atoms with Gasteiger partial charge in [-0.1, -0.05) is 35.9 Å². The molecular weight excluding hydrogens is 412 g/mol. The third-order valence-electron chi connectivity index (χ3n) is 5.04. The van der Waals surface area contributed by atoms with Crippen LogP contribution in [-0.4, -0.2) is 21.4 Å². The van der Waals surface area contributed by atoms with Crippen molar-refractivity contribution in [2.24, 2.45) is 0 Å². The minimum Gasteiger partial charge on any atom is -0.497 e. The van der Waals surface area contributed by atoms with Crippen LogP contribution in [0.25, 0.3) is 0 Å². The second-order valence-electron chi connectivity index (χ2n) is 7.42. The number of hydrogen-bond donors (Lipinski definition) is 2. The van der Waals surface area contributed by atoms with E-state index in [1.54, 1.807) is 37.3 Å². The Kier molecular flexibility index (Phi) is 6.65. The van der Waals surface area contributed by atoms with E-state index in [-0.39, 0.29) is 16.8 Å². The molecule has 0 aliphatic carbocycles. The standard InChI is InChI=1S/C24H26N2O4S/c1-16-5-8-19(9-6-16)18(3)25-24(27)20-10-7-17(2)23(15-20)26-31(28,29)22-13-11-21(30-4)12-14-22/h5-15,18,26H,1-4H3,(H,25,27)/t18-/m1/s1. The molecule has 7 heteroatoms. The molecule has 0 radical (unpaired) electrons. The van der Waals surface area contributed by atoms with Crippen molar-refractivity contribution in [3.63, 3.8) is 0 Å². The van der Waals surface area contributed by atoms with Gasteiger partial charge >= 0.3 is 0 Å². The molecule has 162 valence electrons. The summed E-state index contributed by atoms with van der Waals surface area (Å²) in [5.74, 6) is 0.287. The molecule has 0 aliphatic heterocycles. The minimum atomic E-state index is -3.81. The third kappa shape index (κ3) is 5.44. The van der Waals surface area contributed by atoms with Crippen LogP contribution in [0.2, 0.25) is 0 Å². The van der Waals surface area contributed by atoms with Crippen LogP contribution >= 0.6 is 0 Å². The maximum atomic E-state index is 12.8. The van der Waals surface area contributed by atoms with Crippen LogP contribution in [0.3, 0.4) is 0 Å². The predicted octanol–water partition coefficient (Wildman–Crippen LogP) is 4.60. The van der Waals surface area contributed by atoms with E-state index in [1.807, 2.05) is 38.1 Å². The first-order chi connectivity index (χ1) is 14.7. The number of aryl methyl sites for hydroxylation is 2. The van der Waals surface area contributed by atoms with Gasteiger partial charge in [-0.2, -0.15) is 0 Å². The van der Waals surface area contributed by atoms with E-state index in [4.69, 9.17) is 4.74 Å². The number of amides is 1. The zero-order valence-corrected chi connectivity index (χ0v) is 18.8. The smallest absolute Gasteiger partial charge is 0.261 e. The van der Waals surface area contributed by atoms with Gasteiger partial charge in [0, 0.05) is 5.56 Å². The van der Waals surface area contributed by atoms with Crippen LogP contribution in [-0.2, 0) is 10.0 Å². The maximum Gasteiger partial charge on any atom is 0.261 e. The van der Waals surface area contributed by atoms with Gasteiger partial charge in [-0.3, -0.25) is 9.52 Å². The van der Waals surface area contributed by atoms with Crippen LogP contribution in [0.5, 0.6) is 5.75 Å². The zero-order chi connectivity index (χ0) is 22.6. The second kappa shape index (κ2) is 9.22. The molecule has 0 aliphatic rings. The fourth-order valence-electron chi connectivity index (χ4n) is 3.05. The van der Waals surface area contributed by atoms with E-state index < -0.39 is 10.0 Å². The molecule has 6 nitrogen and oxygen atoms in total. The van der Waals surface area contributed by atoms with Crippen LogP contribution in [0.15, 0.2) is 71.6 Å². The van der Waals surface area contributed by atoms with Crippen molar-refractivity contribution < 1.29 is 17.9 Å². The topological polar surface area (TPSA) is 84.5 Å². The van der Waals surface area contributed by atoms with Gasteiger partial charge in [0.05, 0.1) is 23.7 Å². The Bertz CT molecular complexity index is 1170. The Morgan fingerprint density at radius 3 is 2.19 bits per heavy atom. The van der Waals surface area contributed by atoms with Crippen LogP contribution < -0.4 is 14.8 Å². The molecule has 0 aromatic heterocycles. The number of sulfonamides is 1. The van der Waals surface area contributed by atoms with Gasteiger partial charge in [-0.05, 0) is 68.3 Å². The molecule has 0 unspecified atom stereocenters. The summed E-state index contributed by atoms with van der Waals surface area (Å²) < 4.78 is 33.2. The quantitative estimate of drug-likeness (QED) is 0.564. The number of benzene rings is 3. The van der Waals surface area contributed by atoms with Crippen molar-refractivity contribution in [2.45, 2.75) is 31.7 Å². The lowest BCUT2D eigenvalue weighted by molar-refractivity contribution is 0.0940. The Hall–Kier alpha value is -3.32. The van der Waals surface area contributed by atoms with Gasteiger partial charge in [-0.25, -0.2) is 8.42 Å². The molecule has 1 amide bonds. The van der Waals surface area contributed by atoms with Crippen molar-refractivity contribution in [2.75, 3.05) is 11.8 Å². The highest BCUT2D eigenvalue weighted by molar-refractivity contribution is 7.92. The van der Waals surface area contributed by atoms with Crippen molar-refractivity contribution in [1.82, 2.24) is 5.32 Å². The van der Waals surface area contributed by atoms with Gasteiger partial charge < -0.3 is 10.1 Å². The summed E-state index contributed by atoms with van der Waals surface area (Å²) in [7, 11) is -2.30. The van der Waals surface area contributed by atoms with Gasteiger partial charge in [0.15, 0.2) is 0 Å². The summed E-state index contributed by atoms with van der Waals surface area (Å²) in [6.07, 6.45) is 0. The lowest BCUT2D eigenvalue weighted by atomic mass is 10.1. The molecule has 31 heavy (non-hydrogen) atoms. The fraction of sp³-hybridized carbons (Fsp3) is 0.208. The number of carbonyl (C=O) groups excluding carboxylic acids is 1. The highest BCUT2D eigenvalue weighted by atomic mass is 32.2. The first-order valence-electron chi connectivity index (χ1n) is 9.84. The van der Waals surface area contributed by atoms with E-state index in [0.717, 1.165) is 11.1 Å². The van der Waals surface area contributed by atoms with Crippen molar-refractivity contribution in [3.8, 4) is 5.75 Å². The summed E-state index contributed by atoms with van der Waals surface area (Å²) in [6, 6.07) is 18.8. The average Bonchev–Trinajstić information content (AvgIpc) is 2.75. The summed E-state index contributed by atoms with van der Waals surface area (Å²) >= 11 is 0. The molecule has 3 rings (SSSR count). The molecule has 3 aromatic carbocycles. The first kappa shape index (κ1) is 22.4. The largest absolute Gasteiger partial charge is 0.497 e. The summed E-state index contributed by atoms with van der Waals surface area (Å²) in [4.78, 5) is 12.9. The molecule has 0 spiro atoms. The molecular formula is C24H26N2O4S. The average molecular weight is 439 g/mol. The molecule has 2 N–H and O–H groups in total. The maximum absolute atomic E-state index is 12.8. The first-order valence-corrected chi connectivity index (χ1v) is 11.3. The molecule has 0 saturated carbocycles. The van der Waals surface area contributed by atoms with Crippen molar-refractivity contribution in [3.05, 3.63) is 89.0 Å². The Labute approximate surface area is 183 Å². The number of nitrogens with one attached hydrogen (secondary N) is 2. The lowest BCUT2D eigenvalue weighted by Gasteiger charge is -2.16. The molecule has 0 heterocycles. The monoisotopic (exact) mass is 438 g/mol. The number of carbonyl (C=O) groups is 1. The second-order valence-corrected chi connectivity index (χ2v) is 9.10. The molecule has 0 bridgehead atoms. The number of methoxy groups -OCH3 is 1. The van der Waals surface area contributed by atoms with E-state index in [1.165, 1.54) is 19.2 Å². The number of ether oxygens (including phenoxy) is 1. The molecule has 0 fully saturated rings. The molecule has 3 aromatic rings. The Balaban J connectivity index is 1.78. The van der Waals surface area contributed by atoms with E-state index in [2.05, 4.69) is 10.0 Å². The summed E-state index contributed by atoms with van der Waals surface area (Å²) in [6.45, 7) is 5.69. The van der Waals surface area contributed by atoms with E-state index in [9.17, 15) is 13.2 Å². The number of hydrogen-bond acceptors (Lipinski definition) is 4. The highest BCUT2D eigenvalue weighted by Crippen LogP contribution is 2.23. The van der Waals surface area contributed by atoms with Crippen molar-refractivity contribution in [1.29, 1.82) is 0 Å². The van der Waals surface area contributed by atoms with Gasteiger partial charge in [-0.15, -0.1) is 0 Å². The van der Waals surface area contributed by atoms with E-state index in [0.29, 0.717) is 22.6 Å². The van der Waals surface area contributed by atoms with Gasteiger partial charge in [0.25, 0.3) is 15.9 Å². The normalized spacial score (nSPS) is 12.1. The van der Waals surface area contributed by atoms with Crippen LogP contribution in [0.4, 0.5) is 5.69 Å². The zero-order valence-electron chi connectivity index (χ0n) is 18.0. The predicted molar refractivity (Wildman–Crippen MR) is 122 cm³/mol. The van der Waals surface area contributed by atoms with Gasteiger partial charge in [0.1, 0.15) is 5.75 Å². The highest BCUT2D eigenvalue weighted by Gasteiger charge is 2.18. The molecule has 0 saturated heterocycles. The van der Waals surface area contributed by atoms with Gasteiger partial charge in [0.2, 0.25) is 0 Å². The van der Waals surface area contributed by atoms with Crippen molar-refractivity contribution >= 4 is 21.6 Å². The van der Waals surface area contributed by atoms with E-state index >= 15 is 0 Å². The Morgan fingerprint density at radius 2 is 1.58 bits per heavy atom. The van der Waals surface area contributed by atoms with Crippen LogP contribution in [0.1, 0.15) is 40.0 Å². The van der Waals surface area contributed by atoms with Crippen LogP contribution in [0, 0.1) is 13.8 Å².